The first-order chi connectivity index (χ1) is 8.97. The number of phenolic OH excluding ortho intramolecular Hbond substituents is 1. The molecule has 19 heavy (non-hydrogen) atoms. The molecular weight excluding hydrogens is 242 g/mol. The van der Waals surface area contributed by atoms with Crippen molar-refractivity contribution in [2.75, 3.05) is 13.1 Å². The fourth-order valence-corrected chi connectivity index (χ4v) is 2.53. The number of rotatable bonds is 5. The van der Waals surface area contributed by atoms with Gasteiger partial charge in [-0.05, 0) is 37.0 Å². The highest BCUT2D eigenvalue weighted by atomic mass is 16.4. The first kappa shape index (κ1) is 13.9. The molecule has 0 aliphatic carbocycles. The van der Waals surface area contributed by atoms with Crippen LogP contribution in [-0.4, -0.2) is 40.2 Å². The Morgan fingerprint density at radius 2 is 1.89 bits per heavy atom. The summed E-state index contributed by atoms with van der Waals surface area (Å²) in [6.07, 6.45) is 0.925. The normalized spacial score (nSPS) is 19.7. The molecule has 0 saturated carbocycles. The van der Waals surface area contributed by atoms with Crippen LogP contribution < -0.4 is 0 Å². The molecule has 2 unspecified atom stereocenters. The lowest BCUT2D eigenvalue weighted by Gasteiger charge is -2.45. The van der Waals surface area contributed by atoms with Crippen LogP contribution in [0.25, 0.3) is 0 Å². The Hall–Kier alpha value is -1.55. The van der Waals surface area contributed by atoms with Crippen LogP contribution in [0.2, 0.25) is 0 Å². The van der Waals surface area contributed by atoms with E-state index >= 15 is 0 Å². The maximum Gasteiger partial charge on any atom is 0.306 e. The number of aliphatic carboxylic acids is 1. The minimum absolute atomic E-state index is 0.253. The van der Waals surface area contributed by atoms with E-state index in [4.69, 9.17) is 5.11 Å². The SMILES string of the molecule is CC(C(=O)O)C1CN(C(C)Cc2ccc(O)cc2)C1. The van der Waals surface area contributed by atoms with Gasteiger partial charge in [-0.15, -0.1) is 0 Å². The molecule has 1 aromatic carbocycles. The molecule has 4 heteroatoms. The third-order valence-electron chi connectivity index (χ3n) is 4.13. The Balaban J connectivity index is 1.81. The van der Waals surface area contributed by atoms with E-state index in [2.05, 4.69) is 11.8 Å². The molecule has 0 radical (unpaired) electrons. The predicted octanol–water partition coefficient (Wildman–Crippen LogP) is 1.98. The van der Waals surface area contributed by atoms with Gasteiger partial charge < -0.3 is 10.2 Å². The molecule has 104 valence electrons. The third-order valence-corrected chi connectivity index (χ3v) is 4.13. The third kappa shape index (κ3) is 3.26. The molecule has 1 aliphatic heterocycles. The molecule has 1 heterocycles. The van der Waals surface area contributed by atoms with E-state index in [9.17, 15) is 9.90 Å². The summed E-state index contributed by atoms with van der Waals surface area (Å²) in [5, 5.41) is 18.2. The predicted molar refractivity (Wildman–Crippen MR) is 73.1 cm³/mol. The number of carboxylic acid groups (broad SMARTS) is 1. The zero-order valence-electron chi connectivity index (χ0n) is 11.4. The Bertz CT molecular complexity index is 437. The van der Waals surface area contributed by atoms with Crippen molar-refractivity contribution in [1.29, 1.82) is 0 Å². The Morgan fingerprint density at radius 3 is 2.42 bits per heavy atom. The van der Waals surface area contributed by atoms with Crippen LogP contribution in [0.5, 0.6) is 5.75 Å². The van der Waals surface area contributed by atoms with Gasteiger partial charge in [0.05, 0.1) is 5.92 Å². The Kier molecular flexibility index (Phi) is 4.10. The first-order valence-electron chi connectivity index (χ1n) is 6.72. The molecular formula is C15H21NO3. The maximum atomic E-state index is 10.9. The average molecular weight is 263 g/mol. The fourth-order valence-electron chi connectivity index (χ4n) is 2.53. The maximum absolute atomic E-state index is 10.9. The molecule has 1 saturated heterocycles. The summed E-state index contributed by atoms with van der Waals surface area (Å²) in [7, 11) is 0. The Morgan fingerprint density at radius 1 is 1.32 bits per heavy atom. The molecule has 0 amide bonds. The van der Waals surface area contributed by atoms with Crippen molar-refractivity contribution in [3.05, 3.63) is 29.8 Å². The number of aromatic hydroxyl groups is 1. The molecule has 0 aromatic heterocycles. The lowest BCUT2D eigenvalue weighted by Crippen LogP contribution is -2.54. The van der Waals surface area contributed by atoms with Crippen molar-refractivity contribution >= 4 is 5.97 Å². The number of nitrogens with zero attached hydrogens (tertiary/aromatic N) is 1. The molecule has 1 aromatic rings. The number of benzene rings is 1. The van der Waals surface area contributed by atoms with Crippen LogP contribution in [0.3, 0.4) is 0 Å². The smallest absolute Gasteiger partial charge is 0.306 e. The summed E-state index contributed by atoms with van der Waals surface area (Å²) in [4.78, 5) is 13.2. The number of phenols is 1. The molecule has 0 spiro atoms. The summed E-state index contributed by atoms with van der Waals surface area (Å²) < 4.78 is 0. The lowest BCUT2D eigenvalue weighted by atomic mass is 9.85. The van der Waals surface area contributed by atoms with E-state index in [1.807, 2.05) is 12.1 Å². The average Bonchev–Trinajstić information content (AvgIpc) is 2.30. The topological polar surface area (TPSA) is 60.8 Å². The Labute approximate surface area is 113 Å². The molecule has 2 atom stereocenters. The van der Waals surface area contributed by atoms with Gasteiger partial charge in [0.2, 0.25) is 0 Å². The summed E-state index contributed by atoms with van der Waals surface area (Å²) in [5.41, 5.74) is 1.19. The second-order valence-electron chi connectivity index (χ2n) is 5.56. The summed E-state index contributed by atoms with van der Waals surface area (Å²) in [6, 6.07) is 7.68. The van der Waals surface area contributed by atoms with E-state index < -0.39 is 5.97 Å². The van der Waals surface area contributed by atoms with Crippen LogP contribution in [0, 0.1) is 11.8 Å². The van der Waals surface area contributed by atoms with Crippen molar-refractivity contribution in [3.63, 3.8) is 0 Å². The minimum atomic E-state index is -0.698. The van der Waals surface area contributed by atoms with Gasteiger partial charge in [0.1, 0.15) is 5.75 Å². The van der Waals surface area contributed by atoms with E-state index in [0.29, 0.717) is 6.04 Å². The highest BCUT2D eigenvalue weighted by molar-refractivity contribution is 5.70. The van der Waals surface area contributed by atoms with Gasteiger partial charge in [0.15, 0.2) is 0 Å². The number of carboxylic acids is 1. The van der Waals surface area contributed by atoms with Crippen molar-refractivity contribution in [3.8, 4) is 5.75 Å². The van der Waals surface area contributed by atoms with Gasteiger partial charge in [-0.2, -0.15) is 0 Å². The second-order valence-corrected chi connectivity index (χ2v) is 5.56. The van der Waals surface area contributed by atoms with Crippen molar-refractivity contribution in [2.24, 2.45) is 11.8 Å². The summed E-state index contributed by atoms with van der Waals surface area (Å²) in [5.74, 6) is -0.386. The van der Waals surface area contributed by atoms with Crippen LogP contribution in [-0.2, 0) is 11.2 Å². The van der Waals surface area contributed by atoms with E-state index in [1.165, 1.54) is 5.56 Å². The van der Waals surface area contributed by atoms with Gasteiger partial charge in [-0.25, -0.2) is 0 Å². The number of likely N-dealkylation sites (tertiary alicyclic amines) is 1. The van der Waals surface area contributed by atoms with E-state index in [0.717, 1.165) is 19.5 Å². The molecule has 1 aliphatic rings. The van der Waals surface area contributed by atoms with Gasteiger partial charge in [-0.1, -0.05) is 19.1 Å². The summed E-state index contributed by atoms with van der Waals surface area (Å²) in [6.45, 7) is 5.68. The quantitative estimate of drug-likeness (QED) is 0.852. The number of hydrogen-bond acceptors (Lipinski definition) is 3. The van der Waals surface area contributed by atoms with Crippen molar-refractivity contribution in [2.45, 2.75) is 26.3 Å². The van der Waals surface area contributed by atoms with Crippen molar-refractivity contribution < 1.29 is 15.0 Å². The highest BCUT2D eigenvalue weighted by Gasteiger charge is 2.36. The second kappa shape index (κ2) is 5.61. The van der Waals surface area contributed by atoms with Crippen LogP contribution in [0.1, 0.15) is 19.4 Å². The largest absolute Gasteiger partial charge is 0.508 e. The number of hydrogen-bond donors (Lipinski definition) is 2. The summed E-state index contributed by atoms with van der Waals surface area (Å²) >= 11 is 0. The van der Waals surface area contributed by atoms with E-state index in [-0.39, 0.29) is 17.6 Å². The van der Waals surface area contributed by atoms with Crippen LogP contribution in [0.4, 0.5) is 0 Å². The molecule has 0 bridgehead atoms. The minimum Gasteiger partial charge on any atom is -0.508 e. The fraction of sp³-hybridized carbons (Fsp3) is 0.533. The monoisotopic (exact) mass is 263 g/mol. The standard InChI is InChI=1S/C15H21NO3/c1-10(7-12-3-5-14(17)6-4-12)16-8-13(9-16)11(2)15(18)19/h3-6,10-11,13,17H,7-9H2,1-2H3,(H,18,19). The zero-order valence-corrected chi connectivity index (χ0v) is 11.4. The van der Waals surface area contributed by atoms with Gasteiger partial charge in [0.25, 0.3) is 0 Å². The van der Waals surface area contributed by atoms with Gasteiger partial charge >= 0.3 is 5.97 Å². The van der Waals surface area contributed by atoms with Gasteiger partial charge in [-0.3, -0.25) is 9.69 Å². The molecule has 2 rings (SSSR count). The van der Waals surface area contributed by atoms with E-state index in [1.54, 1.807) is 19.1 Å². The van der Waals surface area contributed by atoms with Crippen LogP contribution in [0.15, 0.2) is 24.3 Å². The van der Waals surface area contributed by atoms with Crippen LogP contribution >= 0.6 is 0 Å². The molecule has 1 fully saturated rings. The molecule has 4 nitrogen and oxygen atoms in total. The lowest BCUT2D eigenvalue weighted by molar-refractivity contribution is -0.145. The highest BCUT2D eigenvalue weighted by Crippen LogP contribution is 2.27. The van der Waals surface area contributed by atoms with Gasteiger partial charge in [0, 0.05) is 19.1 Å². The van der Waals surface area contributed by atoms with Crippen molar-refractivity contribution in [1.82, 2.24) is 4.90 Å². The molecule has 2 N–H and O–H groups in total. The number of carbonyl (C=O) groups is 1. The first-order valence-corrected chi connectivity index (χ1v) is 6.72. The zero-order chi connectivity index (χ0) is 14.0.